The second kappa shape index (κ2) is 8.05. The number of carbonyl (C=O) groups is 2. The first-order valence-corrected chi connectivity index (χ1v) is 10.8. The SMILES string of the molecule is CCN(CC)C(=O)C[C@@H]1CC2(CCN(C(=O)c3ccoc3)CC2)c2ccccc21. The normalized spacial score (nSPS) is 19.9. The van der Waals surface area contributed by atoms with Gasteiger partial charge in [0, 0.05) is 32.6 Å². The van der Waals surface area contributed by atoms with E-state index in [-0.39, 0.29) is 23.1 Å². The smallest absolute Gasteiger partial charge is 0.257 e. The van der Waals surface area contributed by atoms with Crippen LogP contribution < -0.4 is 0 Å². The highest BCUT2D eigenvalue weighted by atomic mass is 16.3. The van der Waals surface area contributed by atoms with Crippen molar-refractivity contribution >= 4 is 11.8 Å². The molecule has 4 rings (SSSR count). The molecule has 1 spiro atoms. The number of hydrogen-bond acceptors (Lipinski definition) is 3. The summed E-state index contributed by atoms with van der Waals surface area (Å²) in [6.07, 6.45) is 6.55. The third kappa shape index (κ3) is 3.59. The summed E-state index contributed by atoms with van der Waals surface area (Å²) in [5, 5.41) is 0. The number of piperidine rings is 1. The second-order valence-electron chi connectivity index (χ2n) is 8.34. The summed E-state index contributed by atoms with van der Waals surface area (Å²) in [4.78, 5) is 29.3. The van der Waals surface area contributed by atoms with Crippen molar-refractivity contribution in [1.82, 2.24) is 9.80 Å². The lowest BCUT2D eigenvalue weighted by molar-refractivity contribution is -0.131. The number of rotatable bonds is 5. The van der Waals surface area contributed by atoms with Gasteiger partial charge in [0.25, 0.3) is 5.91 Å². The van der Waals surface area contributed by atoms with Gasteiger partial charge >= 0.3 is 0 Å². The minimum atomic E-state index is 0.0492. The van der Waals surface area contributed by atoms with Crippen molar-refractivity contribution in [3.05, 3.63) is 59.5 Å². The molecule has 2 aromatic rings. The molecule has 1 aliphatic heterocycles. The fourth-order valence-electron chi connectivity index (χ4n) is 5.31. The summed E-state index contributed by atoms with van der Waals surface area (Å²) in [7, 11) is 0. The van der Waals surface area contributed by atoms with Gasteiger partial charge in [0.2, 0.25) is 5.91 Å². The van der Waals surface area contributed by atoms with Crippen molar-refractivity contribution in [3.63, 3.8) is 0 Å². The van der Waals surface area contributed by atoms with Gasteiger partial charge in [0.05, 0.1) is 11.8 Å². The molecule has 1 aromatic heterocycles. The largest absolute Gasteiger partial charge is 0.472 e. The van der Waals surface area contributed by atoms with E-state index in [1.807, 2.05) is 23.6 Å². The Bertz CT molecular complexity index is 862. The fourth-order valence-corrected chi connectivity index (χ4v) is 5.31. The highest BCUT2D eigenvalue weighted by Crippen LogP contribution is 2.52. The van der Waals surface area contributed by atoms with Gasteiger partial charge in [0.15, 0.2) is 0 Å². The molecule has 1 aliphatic carbocycles. The molecule has 5 nitrogen and oxygen atoms in total. The summed E-state index contributed by atoms with van der Waals surface area (Å²) in [6.45, 7) is 7.10. The van der Waals surface area contributed by atoms with Crippen molar-refractivity contribution in [3.8, 4) is 0 Å². The number of fused-ring (bicyclic) bond motifs is 2. The first-order valence-electron chi connectivity index (χ1n) is 10.8. The van der Waals surface area contributed by atoms with Crippen molar-refractivity contribution in [2.24, 2.45) is 0 Å². The summed E-state index contributed by atoms with van der Waals surface area (Å²) < 4.78 is 5.07. The molecule has 2 aliphatic rings. The minimum absolute atomic E-state index is 0.0492. The lowest BCUT2D eigenvalue weighted by Gasteiger charge is -2.40. The molecule has 29 heavy (non-hydrogen) atoms. The number of hydrogen-bond donors (Lipinski definition) is 0. The number of likely N-dealkylation sites (tertiary alicyclic amines) is 1. The van der Waals surface area contributed by atoms with Crippen LogP contribution in [0.1, 0.15) is 66.9 Å². The third-order valence-corrected chi connectivity index (χ3v) is 6.92. The van der Waals surface area contributed by atoms with Gasteiger partial charge in [-0.1, -0.05) is 24.3 Å². The van der Waals surface area contributed by atoms with Crippen molar-refractivity contribution in [2.75, 3.05) is 26.2 Å². The van der Waals surface area contributed by atoms with E-state index >= 15 is 0 Å². The van der Waals surface area contributed by atoms with Gasteiger partial charge in [-0.15, -0.1) is 0 Å². The van der Waals surface area contributed by atoms with Crippen LogP contribution in [0.3, 0.4) is 0 Å². The molecule has 0 N–H and O–H groups in total. The Morgan fingerprint density at radius 3 is 2.52 bits per heavy atom. The molecule has 5 heteroatoms. The molecule has 154 valence electrons. The maximum absolute atomic E-state index is 12.8. The summed E-state index contributed by atoms with van der Waals surface area (Å²) in [5.74, 6) is 0.572. The van der Waals surface area contributed by atoms with E-state index in [1.165, 1.54) is 17.4 Å². The number of carbonyl (C=O) groups excluding carboxylic acids is 2. The molecule has 1 atom stereocenters. The monoisotopic (exact) mass is 394 g/mol. The maximum Gasteiger partial charge on any atom is 0.257 e. The van der Waals surface area contributed by atoms with E-state index in [1.54, 1.807) is 12.3 Å². The predicted octanol–water partition coefficient (Wildman–Crippen LogP) is 4.20. The summed E-state index contributed by atoms with van der Waals surface area (Å²) >= 11 is 0. The van der Waals surface area contributed by atoms with E-state index in [2.05, 4.69) is 24.3 Å². The van der Waals surface area contributed by atoms with Crippen molar-refractivity contribution < 1.29 is 14.0 Å². The maximum atomic E-state index is 12.8. The van der Waals surface area contributed by atoms with Crippen LogP contribution >= 0.6 is 0 Å². The zero-order valence-electron chi connectivity index (χ0n) is 17.4. The van der Waals surface area contributed by atoms with E-state index in [0.717, 1.165) is 45.4 Å². The Morgan fingerprint density at radius 2 is 1.86 bits per heavy atom. The first-order chi connectivity index (χ1) is 14.1. The Labute approximate surface area is 172 Å². The Morgan fingerprint density at radius 1 is 1.14 bits per heavy atom. The van der Waals surface area contributed by atoms with Crippen LogP contribution in [0.4, 0.5) is 0 Å². The number of nitrogens with zero attached hydrogens (tertiary/aromatic N) is 2. The van der Waals surface area contributed by atoms with Crippen LogP contribution in [-0.2, 0) is 10.2 Å². The number of furan rings is 1. The number of amides is 2. The minimum Gasteiger partial charge on any atom is -0.472 e. The lowest BCUT2D eigenvalue weighted by Crippen LogP contribution is -2.44. The van der Waals surface area contributed by atoms with E-state index < -0.39 is 0 Å². The van der Waals surface area contributed by atoms with E-state index in [9.17, 15) is 9.59 Å². The Kier molecular flexibility index (Phi) is 5.48. The molecule has 1 saturated heterocycles. The standard InChI is InChI=1S/C24H30N2O3/c1-3-25(4-2)22(27)15-19-16-24(21-8-6-5-7-20(19)21)10-12-26(13-11-24)23(28)18-9-14-29-17-18/h5-9,14,17,19H,3-4,10-13,15-16H2,1-2H3/t19-/m1/s1. The molecule has 0 bridgehead atoms. The Hall–Kier alpha value is -2.56. The van der Waals surface area contributed by atoms with Crippen LogP contribution in [0.25, 0.3) is 0 Å². The average Bonchev–Trinajstić information content (AvgIpc) is 3.37. The van der Waals surface area contributed by atoms with Gasteiger partial charge in [0.1, 0.15) is 6.26 Å². The molecular formula is C24H30N2O3. The van der Waals surface area contributed by atoms with Gasteiger partial charge < -0.3 is 14.2 Å². The first kappa shape index (κ1) is 19.7. The molecule has 1 aromatic carbocycles. The van der Waals surface area contributed by atoms with Crippen LogP contribution in [-0.4, -0.2) is 47.8 Å². The lowest BCUT2D eigenvalue weighted by atomic mass is 9.73. The fraction of sp³-hybridized carbons (Fsp3) is 0.500. The van der Waals surface area contributed by atoms with Gasteiger partial charge in [-0.2, -0.15) is 0 Å². The molecule has 0 unspecified atom stereocenters. The van der Waals surface area contributed by atoms with Crippen molar-refractivity contribution in [1.29, 1.82) is 0 Å². The quantitative estimate of drug-likeness (QED) is 0.764. The highest BCUT2D eigenvalue weighted by molar-refractivity contribution is 5.93. The molecule has 2 heterocycles. The summed E-state index contributed by atoms with van der Waals surface area (Å²) in [5.41, 5.74) is 3.43. The topological polar surface area (TPSA) is 53.8 Å². The van der Waals surface area contributed by atoms with Gasteiger partial charge in [-0.3, -0.25) is 9.59 Å². The van der Waals surface area contributed by atoms with Crippen molar-refractivity contribution in [2.45, 2.75) is 50.9 Å². The molecule has 1 fully saturated rings. The zero-order valence-corrected chi connectivity index (χ0v) is 17.4. The third-order valence-electron chi connectivity index (χ3n) is 6.92. The summed E-state index contributed by atoms with van der Waals surface area (Å²) in [6, 6.07) is 10.4. The highest BCUT2D eigenvalue weighted by Gasteiger charge is 2.46. The van der Waals surface area contributed by atoms with E-state index in [0.29, 0.717) is 12.0 Å². The van der Waals surface area contributed by atoms with Crippen LogP contribution in [0.5, 0.6) is 0 Å². The predicted molar refractivity (Wildman–Crippen MR) is 112 cm³/mol. The van der Waals surface area contributed by atoms with Crippen LogP contribution in [0.2, 0.25) is 0 Å². The van der Waals surface area contributed by atoms with E-state index in [4.69, 9.17) is 4.42 Å². The number of benzene rings is 1. The average molecular weight is 395 g/mol. The van der Waals surface area contributed by atoms with Crippen LogP contribution in [0.15, 0.2) is 47.3 Å². The molecule has 0 radical (unpaired) electrons. The zero-order chi connectivity index (χ0) is 20.4. The Balaban J connectivity index is 1.50. The second-order valence-corrected chi connectivity index (χ2v) is 8.34. The molecule has 2 amide bonds. The van der Waals surface area contributed by atoms with Crippen LogP contribution in [0, 0.1) is 0 Å². The van der Waals surface area contributed by atoms with Gasteiger partial charge in [-0.05, 0) is 61.6 Å². The molecular weight excluding hydrogens is 364 g/mol. The molecule has 0 saturated carbocycles. The van der Waals surface area contributed by atoms with Gasteiger partial charge in [-0.25, -0.2) is 0 Å².